The first kappa shape index (κ1) is 69.3. The lowest BCUT2D eigenvalue weighted by Gasteiger charge is -2.34. The highest BCUT2D eigenvalue weighted by molar-refractivity contribution is 9.09. The van der Waals surface area contributed by atoms with Crippen molar-refractivity contribution in [2.45, 2.75) is 122 Å². The van der Waals surface area contributed by atoms with Gasteiger partial charge in [-0.3, -0.25) is 23.7 Å². The first-order chi connectivity index (χ1) is 36.2. The Bertz CT molecular complexity index is 2590. The van der Waals surface area contributed by atoms with Crippen molar-refractivity contribution in [1.82, 2.24) is 4.48 Å². The highest BCUT2D eigenvalue weighted by Crippen LogP contribution is 2.47. The molecule has 0 bridgehead atoms. The number of halogens is 5. The first-order valence-electron chi connectivity index (χ1n) is 25.5. The van der Waals surface area contributed by atoms with Crippen LogP contribution in [0.1, 0.15) is 114 Å². The molecule has 426 valence electrons. The van der Waals surface area contributed by atoms with Gasteiger partial charge >= 0.3 is 23.9 Å². The average Bonchev–Trinajstić information content (AvgIpc) is 3.84. The normalized spacial score (nSPS) is 22.2. The molecule has 2 aromatic carbocycles. The van der Waals surface area contributed by atoms with Crippen LogP contribution in [0.3, 0.4) is 0 Å². The van der Waals surface area contributed by atoms with Crippen molar-refractivity contribution in [3.63, 3.8) is 0 Å². The van der Waals surface area contributed by atoms with E-state index in [0.717, 1.165) is 60.1 Å². The zero-order valence-electron chi connectivity index (χ0n) is 46.6. The van der Waals surface area contributed by atoms with E-state index >= 15 is 0 Å². The van der Waals surface area contributed by atoms with Crippen molar-refractivity contribution >= 4 is 97.6 Å². The summed E-state index contributed by atoms with van der Waals surface area (Å²) >= 11 is 17.5. The first-order valence-corrected chi connectivity index (χ1v) is 27.9. The molecule has 4 aliphatic rings. The molecule has 0 aromatic heterocycles. The maximum atomic E-state index is 13.0. The van der Waals surface area contributed by atoms with Crippen molar-refractivity contribution in [2.75, 3.05) is 45.0 Å². The third kappa shape index (κ3) is 21.3. The summed E-state index contributed by atoms with van der Waals surface area (Å²) < 4.78 is 22.5. The van der Waals surface area contributed by atoms with E-state index in [2.05, 4.69) is 83.0 Å². The van der Waals surface area contributed by atoms with Gasteiger partial charge in [0, 0.05) is 38.0 Å². The lowest BCUT2D eigenvalue weighted by Crippen LogP contribution is -3.00. The van der Waals surface area contributed by atoms with Gasteiger partial charge in [-0.2, -0.15) is 0 Å². The van der Waals surface area contributed by atoms with Gasteiger partial charge < -0.3 is 40.8 Å². The van der Waals surface area contributed by atoms with E-state index in [1.165, 1.54) is 23.3 Å². The number of hydrogen-bond acceptors (Lipinski definition) is 11. The minimum Gasteiger partial charge on any atom is -1.00 e. The van der Waals surface area contributed by atoms with Crippen molar-refractivity contribution in [2.24, 2.45) is 10.8 Å². The number of anilines is 1. The Hall–Kier alpha value is -4.83. The molecule has 2 heterocycles. The summed E-state index contributed by atoms with van der Waals surface area (Å²) in [6.07, 6.45) is 19.1. The van der Waals surface area contributed by atoms with Gasteiger partial charge in [-0.1, -0.05) is 97.8 Å². The molecule has 0 N–H and O–H groups in total. The Morgan fingerprint density at radius 1 is 0.705 bits per heavy atom. The van der Waals surface area contributed by atoms with Gasteiger partial charge in [-0.15, -0.1) is 6.58 Å². The minimum atomic E-state index is -1.05. The molecule has 2 aliphatic heterocycles. The van der Waals surface area contributed by atoms with Gasteiger partial charge in [0.25, 0.3) is 0 Å². The molecule has 0 saturated carbocycles. The number of carbonyl (C=O) groups is 6. The number of ketones is 2. The zero-order chi connectivity index (χ0) is 57.7. The molecule has 78 heavy (non-hydrogen) atoms. The van der Waals surface area contributed by atoms with Gasteiger partial charge in [0.15, 0.2) is 15.9 Å². The molecule has 17 heteroatoms. The van der Waals surface area contributed by atoms with Crippen molar-refractivity contribution in [3.05, 3.63) is 156 Å². The van der Waals surface area contributed by atoms with Crippen LogP contribution in [0, 0.1) is 10.8 Å². The van der Waals surface area contributed by atoms with Gasteiger partial charge in [0.2, 0.25) is 0 Å². The monoisotopic (exact) mass is 1260 g/mol. The number of benzene rings is 2. The molecule has 6 rings (SSSR count). The summed E-state index contributed by atoms with van der Waals surface area (Å²) in [4.78, 5) is 78.1. The average molecular weight is 1260 g/mol. The molecule has 6 atom stereocenters. The number of quaternary nitrogens is 1. The quantitative estimate of drug-likeness (QED) is 0.0491. The molecule has 2 unspecified atom stereocenters. The topological polar surface area (TPSA) is 143 Å². The van der Waals surface area contributed by atoms with Crippen LogP contribution < -0.4 is 26.4 Å². The standard InChI is InChI=1S/C30H38NO5.C27H33NO5.C3H5Br.CHCl3.BrH/c1-7-17-31(5,6)24-13-11-23(12-14-24)29(34)35-25-15-16-26(32)30(19-25)20-28(33)36-27(30)18-22(4)10-8-9-21(2)3;1-18(2)7-6-8-19(3)15-24-27(17-25(30)33-24)16-22(13-14-23(27)29)32-26(31)20-9-11-21(12-10-20)28(4)5;1-2-3-4;2-1(3)4;/h7,9,11-16,18,25,27H,1,8,10,17,19-20H2,2-6H3;7,9-15,22,24H,6,8,16-17H2,1-5H3;2H,1,3H2;1H;1H/q+1;;;;/p-1/b22-18+;19-15+;;;/t25-,27-,30?;22-,24-,27?;;;/m11.../s1. The lowest BCUT2D eigenvalue weighted by molar-refractivity contribution is -0.141. The number of likely N-dealkylation sites (N-methyl/N-ethyl adjacent to an activating group) is 1. The Kier molecular flexibility index (Phi) is 29.4. The molecule has 2 saturated heterocycles. The maximum absolute atomic E-state index is 13.0. The summed E-state index contributed by atoms with van der Waals surface area (Å²) in [5.74, 6) is -2.06. The molecule has 2 spiro atoms. The molecule has 12 nitrogen and oxygen atoms in total. The van der Waals surface area contributed by atoms with Gasteiger partial charge in [0.05, 0.1) is 48.9 Å². The highest BCUT2D eigenvalue weighted by atomic mass is 79.9. The van der Waals surface area contributed by atoms with Crippen molar-refractivity contribution < 1.29 is 64.7 Å². The van der Waals surface area contributed by atoms with Crippen molar-refractivity contribution in [1.29, 1.82) is 0 Å². The van der Waals surface area contributed by atoms with E-state index in [1.54, 1.807) is 42.5 Å². The number of ether oxygens (including phenoxy) is 4. The second-order valence-corrected chi connectivity index (χ2v) is 23.4. The molecule has 2 aliphatic carbocycles. The van der Waals surface area contributed by atoms with Gasteiger partial charge in [-0.05, 0) is 158 Å². The number of hydrogen-bond donors (Lipinski definition) is 0. The van der Waals surface area contributed by atoms with Crippen LogP contribution in [-0.2, 0) is 38.1 Å². The fraction of sp³-hybridized carbons (Fsp3) is 0.443. The summed E-state index contributed by atoms with van der Waals surface area (Å²) in [6.45, 7) is 20.2. The summed E-state index contributed by atoms with van der Waals surface area (Å²) in [5, 5.41) is 0.896. The second kappa shape index (κ2) is 33.0. The van der Waals surface area contributed by atoms with Crippen LogP contribution in [0.25, 0.3) is 0 Å². The Morgan fingerprint density at radius 2 is 1.08 bits per heavy atom. The molecular weight excluding hydrogens is 1190 g/mol. The lowest BCUT2D eigenvalue weighted by atomic mass is 9.69. The number of rotatable bonds is 17. The third-order valence-corrected chi connectivity index (χ3v) is 13.7. The molecule has 2 fully saturated rings. The molecule has 0 radical (unpaired) electrons. The number of nitrogens with zero attached hydrogens (tertiary/aromatic N) is 2. The fourth-order valence-electron chi connectivity index (χ4n) is 9.06. The molecule has 2 aromatic rings. The number of carbonyl (C=O) groups excluding carboxylic acids is 6. The maximum Gasteiger partial charge on any atom is 0.338 e. The number of esters is 4. The van der Waals surface area contributed by atoms with Crippen LogP contribution in [0.15, 0.2) is 145 Å². The van der Waals surface area contributed by atoms with E-state index in [9.17, 15) is 28.8 Å². The summed E-state index contributed by atoms with van der Waals surface area (Å²) in [5.41, 5.74) is 5.41. The van der Waals surface area contributed by atoms with Gasteiger partial charge in [-0.25, -0.2) is 9.59 Å². The molecular formula is C61H77Br2Cl3N2O10. The predicted octanol–water partition coefficient (Wildman–Crippen LogP) is 10.8. The van der Waals surface area contributed by atoms with Crippen molar-refractivity contribution in [3.8, 4) is 0 Å². The number of allylic oxidation sites excluding steroid dienone is 9. The number of alkyl halides is 4. The minimum absolute atomic E-state index is 0. The summed E-state index contributed by atoms with van der Waals surface area (Å²) in [6, 6.07) is 14.4. The highest BCUT2D eigenvalue weighted by Gasteiger charge is 2.56. The van der Waals surface area contributed by atoms with Crippen LogP contribution >= 0.6 is 50.7 Å². The van der Waals surface area contributed by atoms with E-state index in [4.69, 9.17) is 53.8 Å². The Labute approximate surface area is 496 Å². The van der Waals surface area contributed by atoms with Crippen LogP contribution in [0.2, 0.25) is 0 Å². The van der Waals surface area contributed by atoms with Crippen LogP contribution in [0.5, 0.6) is 0 Å². The third-order valence-electron chi connectivity index (χ3n) is 13.2. The van der Waals surface area contributed by atoms with E-state index in [-0.39, 0.29) is 54.2 Å². The van der Waals surface area contributed by atoms with E-state index in [1.807, 2.05) is 75.3 Å². The molecule has 0 amide bonds. The largest absolute Gasteiger partial charge is 1.00 e. The van der Waals surface area contributed by atoms with E-state index in [0.29, 0.717) is 15.6 Å². The van der Waals surface area contributed by atoms with Gasteiger partial charge in [0.1, 0.15) is 36.6 Å². The fourth-order valence-corrected chi connectivity index (χ4v) is 9.06. The number of cyclic esters (lactones) is 2. The Morgan fingerprint density at radius 3 is 1.41 bits per heavy atom. The Balaban J connectivity index is 0.000000464. The summed E-state index contributed by atoms with van der Waals surface area (Å²) in [7, 11) is 7.99. The zero-order valence-corrected chi connectivity index (χ0v) is 52.1. The smallest absolute Gasteiger partial charge is 0.338 e. The SMILES string of the molecule is C=CCBr.C=CC[N+](C)(C)c1ccc(C(=O)O[C@@H]2C=CC(=O)C3(CC(=O)O[C@@H]3/C=C(\C)CCC=C(C)C)C2)cc1.CC(C)=CCC/C(C)=C/[C@H]1OC(=O)CC12C[C@H](OC(=O)c1ccc(N(C)C)cc1)C=CC2=O.ClC(Cl)Cl.[Br-]. The van der Waals surface area contributed by atoms with Crippen LogP contribution in [0.4, 0.5) is 11.4 Å². The predicted molar refractivity (Wildman–Crippen MR) is 316 cm³/mol. The second-order valence-electron chi connectivity index (χ2n) is 20.7. The van der Waals surface area contributed by atoms with E-state index < -0.39 is 63.4 Å². The van der Waals surface area contributed by atoms with Crippen LogP contribution in [-0.4, -0.2) is 104 Å².